The van der Waals surface area contributed by atoms with E-state index in [1.165, 1.54) is 0 Å². The van der Waals surface area contributed by atoms with Crippen molar-refractivity contribution < 1.29 is 8.42 Å². The molecule has 0 amide bonds. The van der Waals surface area contributed by atoms with E-state index in [1.54, 1.807) is 30.1 Å². The molecular weight excluding hydrogens is 282 g/mol. The van der Waals surface area contributed by atoms with Crippen LogP contribution in [0.15, 0.2) is 23.2 Å². The van der Waals surface area contributed by atoms with Gasteiger partial charge in [-0.2, -0.15) is 11.8 Å². The van der Waals surface area contributed by atoms with Gasteiger partial charge in [-0.1, -0.05) is 6.92 Å². The fourth-order valence-corrected chi connectivity index (χ4v) is 3.03. The van der Waals surface area contributed by atoms with Gasteiger partial charge < -0.3 is 5.32 Å². The highest BCUT2D eigenvalue weighted by atomic mass is 32.2. The molecule has 0 spiro atoms. The van der Waals surface area contributed by atoms with E-state index >= 15 is 0 Å². The average molecular weight is 303 g/mol. The van der Waals surface area contributed by atoms with Crippen LogP contribution in [0.3, 0.4) is 0 Å². The van der Waals surface area contributed by atoms with Crippen LogP contribution in [0.4, 0.5) is 5.82 Å². The summed E-state index contributed by atoms with van der Waals surface area (Å²) < 4.78 is 27.0. The number of pyridine rings is 1. The predicted octanol–water partition coefficient (Wildman–Crippen LogP) is 1.93. The third-order valence-corrected chi connectivity index (χ3v) is 5.18. The Bertz CT molecular complexity index is 492. The van der Waals surface area contributed by atoms with E-state index in [0.717, 1.165) is 6.42 Å². The summed E-state index contributed by atoms with van der Waals surface area (Å²) in [6.07, 6.45) is 4.40. The second-order valence-corrected chi connectivity index (χ2v) is 7.12. The molecule has 0 saturated heterocycles. The van der Waals surface area contributed by atoms with Crippen molar-refractivity contribution in [2.75, 3.05) is 24.7 Å². The lowest BCUT2D eigenvalue weighted by Gasteiger charge is -2.12. The fourth-order valence-electron chi connectivity index (χ4n) is 1.50. The highest BCUT2D eigenvalue weighted by molar-refractivity contribution is 7.99. The predicted molar refractivity (Wildman–Crippen MR) is 81.2 cm³/mol. The molecule has 1 heterocycles. The summed E-state index contributed by atoms with van der Waals surface area (Å²) in [7, 11) is -3.50. The van der Waals surface area contributed by atoms with Gasteiger partial charge in [-0.15, -0.1) is 0 Å². The van der Waals surface area contributed by atoms with Crippen molar-refractivity contribution in [3.63, 3.8) is 0 Å². The smallest absolute Gasteiger partial charge is 0.244 e. The molecule has 0 aromatic carbocycles. The molecule has 1 unspecified atom stereocenters. The van der Waals surface area contributed by atoms with Crippen LogP contribution >= 0.6 is 11.8 Å². The lowest BCUT2D eigenvalue weighted by molar-refractivity contribution is 0.579. The van der Waals surface area contributed by atoms with E-state index < -0.39 is 10.0 Å². The molecule has 0 fully saturated rings. The van der Waals surface area contributed by atoms with Gasteiger partial charge in [-0.25, -0.2) is 18.1 Å². The zero-order valence-electron chi connectivity index (χ0n) is 11.5. The largest absolute Gasteiger partial charge is 0.369 e. The number of nitrogens with zero attached hydrogens (tertiary/aromatic N) is 1. The van der Waals surface area contributed by atoms with Crippen molar-refractivity contribution in [1.82, 2.24) is 9.71 Å². The van der Waals surface area contributed by atoms with Gasteiger partial charge in [-0.05, 0) is 31.7 Å². The Labute approximate surface area is 119 Å². The summed E-state index contributed by atoms with van der Waals surface area (Å²) in [6, 6.07) is 3.19. The average Bonchev–Trinajstić information content (AvgIpc) is 2.39. The van der Waals surface area contributed by atoms with E-state index in [9.17, 15) is 8.42 Å². The minimum absolute atomic E-state index is 0.202. The van der Waals surface area contributed by atoms with E-state index in [2.05, 4.69) is 21.9 Å². The highest BCUT2D eigenvalue weighted by Crippen LogP contribution is 2.17. The van der Waals surface area contributed by atoms with Crippen LogP contribution in [0.2, 0.25) is 0 Å². The number of sulfonamides is 1. The SMILES string of the molecule is CCNc1ncccc1S(=O)(=O)NCCC(C)SC. The van der Waals surface area contributed by atoms with Gasteiger partial charge >= 0.3 is 0 Å². The molecule has 0 saturated carbocycles. The van der Waals surface area contributed by atoms with Crippen molar-refractivity contribution in [3.05, 3.63) is 18.3 Å². The van der Waals surface area contributed by atoms with Gasteiger partial charge in [0.25, 0.3) is 0 Å². The molecule has 108 valence electrons. The van der Waals surface area contributed by atoms with Gasteiger partial charge in [-0.3, -0.25) is 0 Å². The van der Waals surface area contributed by atoms with E-state index in [-0.39, 0.29) is 4.90 Å². The molecule has 0 radical (unpaired) electrons. The standard InChI is InChI=1S/C12H21N3O2S2/c1-4-13-12-11(6-5-8-14-12)19(16,17)15-9-7-10(2)18-3/h5-6,8,10,15H,4,7,9H2,1-3H3,(H,13,14). The molecule has 1 aromatic heterocycles. The monoisotopic (exact) mass is 303 g/mol. The van der Waals surface area contributed by atoms with Crippen LogP contribution in [-0.2, 0) is 10.0 Å². The van der Waals surface area contributed by atoms with E-state index in [1.807, 2.05) is 13.2 Å². The minimum atomic E-state index is -3.50. The number of hydrogen-bond donors (Lipinski definition) is 2. The van der Waals surface area contributed by atoms with Crippen molar-refractivity contribution >= 4 is 27.6 Å². The zero-order chi connectivity index (χ0) is 14.3. The third-order valence-electron chi connectivity index (χ3n) is 2.65. The van der Waals surface area contributed by atoms with Crippen LogP contribution in [0.5, 0.6) is 0 Å². The van der Waals surface area contributed by atoms with Crippen molar-refractivity contribution in [1.29, 1.82) is 0 Å². The molecule has 0 aliphatic heterocycles. The molecule has 1 aromatic rings. The number of anilines is 1. The topological polar surface area (TPSA) is 71.1 Å². The lowest BCUT2D eigenvalue weighted by Crippen LogP contribution is -2.27. The number of rotatable bonds is 8. The van der Waals surface area contributed by atoms with Crippen LogP contribution in [0, 0.1) is 0 Å². The summed E-state index contributed by atoms with van der Waals surface area (Å²) in [4.78, 5) is 4.26. The summed E-state index contributed by atoms with van der Waals surface area (Å²) in [6.45, 7) is 5.04. The number of aromatic nitrogens is 1. The van der Waals surface area contributed by atoms with Gasteiger partial charge in [0, 0.05) is 24.5 Å². The van der Waals surface area contributed by atoms with Crippen LogP contribution in [0.25, 0.3) is 0 Å². The fraction of sp³-hybridized carbons (Fsp3) is 0.583. The molecule has 1 rings (SSSR count). The second-order valence-electron chi connectivity index (χ2n) is 4.11. The van der Waals surface area contributed by atoms with E-state index in [0.29, 0.717) is 24.2 Å². The number of hydrogen-bond acceptors (Lipinski definition) is 5. The van der Waals surface area contributed by atoms with E-state index in [4.69, 9.17) is 0 Å². The van der Waals surface area contributed by atoms with Crippen molar-refractivity contribution in [2.24, 2.45) is 0 Å². The molecule has 5 nitrogen and oxygen atoms in total. The number of nitrogens with one attached hydrogen (secondary N) is 2. The normalized spacial score (nSPS) is 13.2. The Hall–Kier alpha value is -0.790. The maximum absolute atomic E-state index is 12.2. The molecule has 19 heavy (non-hydrogen) atoms. The van der Waals surface area contributed by atoms with Gasteiger partial charge in [0.1, 0.15) is 10.7 Å². The first-order valence-corrected chi connectivity index (χ1v) is 8.99. The highest BCUT2D eigenvalue weighted by Gasteiger charge is 2.18. The third kappa shape index (κ3) is 5.00. The Balaban J connectivity index is 2.77. The molecule has 1 atom stereocenters. The van der Waals surface area contributed by atoms with Crippen LogP contribution in [0.1, 0.15) is 20.3 Å². The first kappa shape index (κ1) is 16.3. The molecule has 0 aliphatic carbocycles. The Morgan fingerprint density at radius 2 is 2.21 bits per heavy atom. The minimum Gasteiger partial charge on any atom is -0.369 e. The maximum atomic E-state index is 12.2. The quantitative estimate of drug-likeness (QED) is 0.768. The molecule has 7 heteroatoms. The summed E-state index contributed by atoms with van der Waals surface area (Å²) in [5.41, 5.74) is 0. The van der Waals surface area contributed by atoms with Gasteiger partial charge in [0.05, 0.1) is 0 Å². The van der Waals surface area contributed by atoms with Gasteiger partial charge in [0.15, 0.2) is 0 Å². The first-order valence-electron chi connectivity index (χ1n) is 6.22. The van der Waals surface area contributed by atoms with Crippen molar-refractivity contribution in [3.8, 4) is 0 Å². The maximum Gasteiger partial charge on any atom is 0.244 e. The Morgan fingerprint density at radius 1 is 1.47 bits per heavy atom. The summed E-state index contributed by atoms with van der Waals surface area (Å²) >= 11 is 1.72. The Kier molecular flexibility index (Phi) is 6.60. The molecule has 0 bridgehead atoms. The zero-order valence-corrected chi connectivity index (χ0v) is 13.1. The Morgan fingerprint density at radius 3 is 2.84 bits per heavy atom. The van der Waals surface area contributed by atoms with Gasteiger partial charge in [0.2, 0.25) is 10.0 Å². The summed E-state index contributed by atoms with van der Waals surface area (Å²) in [5, 5.41) is 3.39. The first-order chi connectivity index (χ1) is 9.01. The second kappa shape index (κ2) is 7.72. The summed E-state index contributed by atoms with van der Waals surface area (Å²) in [5.74, 6) is 0.399. The number of thioether (sulfide) groups is 1. The van der Waals surface area contributed by atoms with Crippen molar-refractivity contribution in [2.45, 2.75) is 30.4 Å². The molecular formula is C12H21N3O2S2. The molecule has 0 aliphatic rings. The lowest BCUT2D eigenvalue weighted by atomic mass is 10.3. The molecule has 2 N–H and O–H groups in total. The van der Waals surface area contributed by atoms with Crippen LogP contribution < -0.4 is 10.0 Å². The van der Waals surface area contributed by atoms with Crippen LogP contribution in [-0.4, -0.2) is 38.0 Å².